The molecule has 0 spiro atoms. The summed E-state index contributed by atoms with van der Waals surface area (Å²) >= 11 is 0. The number of methoxy groups -OCH3 is 1. The minimum atomic E-state index is -1.45. The summed E-state index contributed by atoms with van der Waals surface area (Å²) in [5.74, 6) is -2.31. The van der Waals surface area contributed by atoms with Crippen molar-refractivity contribution in [3.63, 3.8) is 0 Å². The number of unbranched alkanes of at least 4 members (excludes halogenated alkanes) is 3. The third-order valence-corrected chi connectivity index (χ3v) is 3.58. The Kier molecular flexibility index (Phi) is 11.7. The van der Waals surface area contributed by atoms with Gasteiger partial charge < -0.3 is 36.8 Å². The topological polar surface area (TPSA) is 162 Å². The van der Waals surface area contributed by atoms with Crippen molar-refractivity contribution in [1.82, 2.24) is 12.3 Å². The molecule has 0 aliphatic carbocycles. The minimum Gasteiger partial charge on any atom is -0.550 e. The fourth-order valence-electron chi connectivity index (χ4n) is 2.37. The lowest BCUT2D eigenvalue weighted by Crippen LogP contribution is -2.47. The molecule has 0 radical (unpaired) electrons. The van der Waals surface area contributed by atoms with Gasteiger partial charge in [-0.1, -0.05) is 43.2 Å². The van der Waals surface area contributed by atoms with Crippen molar-refractivity contribution < 1.29 is 24.5 Å². The predicted octanol–water partition coefficient (Wildman–Crippen LogP) is 1.12. The van der Waals surface area contributed by atoms with E-state index < -0.39 is 17.5 Å². The number of ether oxygens (including phenoxy) is 1. The van der Waals surface area contributed by atoms with Gasteiger partial charge in [0.2, 0.25) is 0 Å². The van der Waals surface area contributed by atoms with Gasteiger partial charge >= 0.3 is 0 Å². The molecule has 0 bridgehead atoms. The molecular formula is C16H28N2O5. The van der Waals surface area contributed by atoms with E-state index in [0.717, 1.165) is 12.8 Å². The summed E-state index contributed by atoms with van der Waals surface area (Å²) in [6.07, 6.45) is 2.94. The number of carboxylic acid groups (broad SMARTS) is 2. The summed E-state index contributed by atoms with van der Waals surface area (Å²) in [5.41, 5.74) is -0.891. The van der Waals surface area contributed by atoms with Crippen LogP contribution in [0.1, 0.15) is 44.1 Å². The van der Waals surface area contributed by atoms with Gasteiger partial charge in [0.15, 0.2) is 0 Å². The van der Waals surface area contributed by atoms with Crippen LogP contribution in [-0.2, 0) is 19.9 Å². The summed E-state index contributed by atoms with van der Waals surface area (Å²) in [6, 6.07) is 8.72. The Morgan fingerprint density at radius 1 is 1.00 bits per heavy atom. The summed E-state index contributed by atoms with van der Waals surface area (Å²) in [4.78, 5) is 21.8. The van der Waals surface area contributed by atoms with E-state index in [1.807, 2.05) is 0 Å². The van der Waals surface area contributed by atoms with E-state index in [1.54, 1.807) is 30.3 Å². The Labute approximate surface area is 136 Å². The summed E-state index contributed by atoms with van der Waals surface area (Å²) in [5, 5.41) is 21.8. The van der Waals surface area contributed by atoms with Crippen LogP contribution in [0.3, 0.4) is 0 Å². The van der Waals surface area contributed by atoms with Gasteiger partial charge in [-0.05, 0) is 31.2 Å². The number of benzene rings is 1. The first-order valence-corrected chi connectivity index (χ1v) is 7.05. The summed E-state index contributed by atoms with van der Waals surface area (Å²) in [7, 11) is 1.36. The van der Waals surface area contributed by atoms with Gasteiger partial charge in [-0.15, -0.1) is 0 Å². The van der Waals surface area contributed by atoms with Crippen LogP contribution in [0.15, 0.2) is 30.3 Å². The number of carbonyl (C=O) groups is 2. The lowest BCUT2D eigenvalue weighted by Gasteiger charge is -2.34. The van der Waals surface area contributed by atoms with Gasteiger partial charge in [0.1, 0.15) is 5.60 Å². The molecule has 0 amide bonds. The minimum absolute atomic E-state index is 0. The maximum atomic E-state index is 11.5. The van der Waals surface area contributed by atoms with Gasteiger partial charge in [0, 0.05) is 13.1 Å². The van der Waals surface area contributed by atoms with E-state index in [2.05, 4.69) is 0 Å². The molecule has 0 aliphatic rings. The highest BCUT2D eigenvalue weighted by Crippen LogP contribution is 2.30. The second-order valence-electron chi connectivity index (χ2n) is 4.97. The van der Waals surface area contributed by atoms with Crippen molar-refractivity contribution in [2.75, 3.05) is 7.11 Å². The van der Waals surface area contributed by atoms with Crippen LogP contribution in [0.4, 0.5) is 0 Å². The first kappa shape index (κ1) is 23.3. The van der Waals surface area contributed by atoms with Gasteiger partial charge in [-0.3, -0.25) is 0 Å². The molecule has 1 unspecified atom stereocenters. The largest absolute Gasteiger partial charge is 0.550 e. The highest BCUT2D eigenvalue weighted by atomic mass is 16.5. The molecule has 0 aromatic heterocycles. The molecule has 7 nitrogen and oxygen atoms in total. The highest BCUT2D eigenvalue weighted by molar-refractivity contribution is 5.77. The Balaban J connectivity index is 0. The average molecular weight is 328 g/mol. The summed E-state index contributed by atoms with van der Waals surface area (Å²) < 4.78 is 5.26. The monoisotopic (exact) mass is 328 g/mol. The number of quaternary nitrogens is 2. The van der Waals surface area contributed by atoms with Gasteiger partial charge in [-0.25, -0.2) is 0 Å². The molecule has 1 atom stereocenters. The maximum absolute atomic E-state index is 11.5. The zero-order chi connectivity index (χ0) is 15.7. The second kappa shape index (κ2) is 11.6. The predicted molar refractivity (Wildman–Crippen MR) is 84.8 cm³/mol. The van der Waals surface area contributed by atoms with Crippen molar-refractivity contribution in [2.24, 2.45) is 0 Å². The number of aliphatic carboxylic acids is 2. The zero-order valence-corrected chi connectivity index (χ0v) is 14.2. The molecule has 0 fully saturated rings. The van der Waals surface area contributed by atoms with E-state index in [-0.39, 0.29) is 18.7 Å². The van der Waals surface area contributed by atoms with Crippen LogP contribution in [0.5, 0.6) is 0 Å². The third kappa shape index (κ3) is 6.77. The van der Waals surface area contributed by atoms with Crippen molar-refractivity contribution in [3.05, 3.63) is 35.9 Å². The molecule has 7 heteroatoms. The van der Waals surface area contributed by atoms with E-state index in [0.29, 0.717) is 24.8 Å². The molecule has 132 valence electrons. The smallest absolute Gasteiger partial charge is 0.132 e. The van der Waals surface area contributed by atoms with Crippen LogP contribution in [-0.4, -0.2) is 19.0 Å². The molecular weight excluding hydrogens is 300 g/mol. The van der Waals surface area contributed by atoms with Gasteiger partial charge in [0.05, 0.1) is 5.97 Å². The SMILES string of the molecule is COC(CCCCCCC(=O)[O-])(C(=O)[O-])c1ccccc1.[NH4+].[NH4+]. The van der Waals surface area contributed by atoms with Crippen molar-refractivity contribution in [1.29, 1.82) is 0 Å². The molecule has 1 aromatic carbocycles. The fourth-order valence-corrected chi connectivity index (χ4v) is 2.37. The Hall–Kier alpha value is -1.96. The molecule has 0 heterocycles. The average Bonchev–Trinajstić information content (AvgIpc) is 2.47. The quantitative estimate of drug-likeness (QED) is 0.614. The van der Waals surface area contributed by atoms with Gasteiger partial charge in [0.25, 0.3) is 0 Å². The van der Waals surface area contributed by atoms with Crippen molar-refractivity contribution in [3.8, 4) is 0 Å². The fraction of sp³-hybridized carbons (Fsp3) is 0.500. The molecule has 0 saturated carbocycles. The number of carboxylic acids is 2. The molecule has 0 aliphatic heterocycles. The third-order valence-electron chi connectivity index (χ3n) is 3.58. The Bertz CT molecular complexity index is 467. The molecule has 0 saturated heterocycles. The molecule has 23 heavy (non-hydrogen) atoms. The van der Waals surface area contributed by atoms with Crippen LogP contribution >= 0.6 is 0 Å². The Morgan fingerprint density at radius 3 is 2.04 bits per heavy atom. The van der Waals surface area contributed by atoms with Crippen LogP contribution in [0, 0.1) is 0 Å². The molecule has 1 aromatic rings. The lowest BCUT2D eigenvalue weighted by atomic mass is 9.88. The Morgan fingerprint density at radius 2 is 1.57 bits per heavy atom. The van der Waals surface area contributed by atoms with Crippen molar-refractivity contribution >= 4 is 11.9 Å². The standard InChI is InChI=1S/C16H22O5.2H3N/c1-21-16(15(19)20,13-9-5-4-6-10-13)12-8-3-2-7-11-14(17)18;;/h4-6,9-10H,2-3,7-8,11-12H2,1H3,(H,17,18)(H,19,20);2*1H3. The molecule has 1 rings (SSSR count). The van der Waals surface area contributed by atoms with E-state index in [9.17, 15) is 19.8 Å². The first-order valence-electron chi connectivity index (χ1n) is 7.05. The highest BCUT2D eigenvalue weighted by Gasteiger charge is 2.33. The van der Waals surface area contributed by atoms with Gasteiger partial charge in [-0.2, -0.15) is 0 Å². The van der Waals surface area contributed by atoms with Crippen LogP contribution in [0.25, 0.3) is 0 Å². The maximum Gasteiger partial charge on any atom is 0.132 e. The van der Waals surface area contributed by atoms with E-state index in [4.69, 9.17) is 4.74 Å². The molecule has 8 N–H and O–H groups in total. The number of hydrogen-bond acceptors (Lipinski definition) is 5. The van der Waals surface area contributed by atoms with E-state index in [1.165, 1.54) is 7.11 Å². The van der Waals surface area contributed by atoms with Crippen molar-refractivity contribution in [2.45, 2.75) is 44.1 Å². The normalized spacial score (nSPS) is 12.4. The van der Waals surface area contributed by atoms with Crippen LogP contribution < -0.4 is 22.5 Å². The van der Waals surface area contributed by atoms with E-state index >= 15 is 0 Å². The zero-order valence-electron chi connectivity index (χ0n) is 14.2. The lowest BCUT2D eigenvalue weighted by molar-refractivity contribution is -0.328. The second-order valence-corrected chi connectivity index (χ2v) is 4.97. The number of hydrogen-bond donors (Lipinski definition) is 2. The van der Waals surface area contributed by atoms with Crippen LogP contribution in [0.2, 0.25) is 0 Å². The summed E-state index contributed by atoms with van der Waals surface area (Å²) in [6.45, 7) is 0. The number of rotatable bonds is 10. The first-order chi connectivity index (χ1) is 10.0. The number of carbonyl (C=O) groups excluding carboxylic acids is 2.